The van der Waals surface area contributed by atoms with E-state index >= 15 is 0 Å². The molecule has 5 N–H and O–H groups in total. The molecule has 4 aromatic heterocycles. The molecule has 6 heterocycles. The Bertz CT molecular complexity index is 3960. The summed E-state index contributed by atoms with van der Waals surface area (Å²) in [6, 6.07) is 61.5. The van der Waals surface area contributed by atoms with Crippen molar-refractivity contribution >= 4 is 46.5 Å². The summed E-state index contributed by atoms with van der Waals surface area (Å²) in [6.45, 7) is 5.58. The molecule has 0 spiro atoms. The highest BCUT2D eigenvalue weighted by molar-refractivity contribution is 7.98. The maximum Gasteiger partial charge on any atom is 0.244 e. The molecule has 89 heavy (non-hydrogen) atoms. The molecule has 458 valence electrons. The third-order valence-corrected chi connectivity index (χ3v) is 16.9. The third kappa shape index (κ3) is 13.3. The molecule has 8 atom stereocenters. The highest BCUT2D eigenvalue weighted by atomic mass is 32.2. The molecule has 0 aliphatic carbocycles. The smallest absolute Gasteiger partial charge is 0.244 e. The summed E-state index contributed by atoms with van der Waals surface area (Å²) in [5.41, 5.74) is 15.0. The predicted octanol–water partition coefficient (Wildman–Crippen LogP) is 10.1. The zero-order valence-corrected chi connectivity index (χ0v) is 51.3. The van der Waals surface area contributed by atoms with E-state index in [4.69, 9.17) is 49.4 Å². The van der Waals surface area contributed by atoms with Crippen molar-refractivity contribution in [1.82, 2.24) is 39.2 Å². The predicted molar refractivity (Wildman–Crippen MR) is 336 cm³/mol. The molecule has 0 bridgehead atoms. The van der Waals surface area contributed by atoms with Crippen LogP contribution in [0.3, 0.4) is 0 Å². The van der Waals surface area contributed by atoms with E-state index in [2.05, 4.69) is 36.2 Å². The van der Waals surface area contributed by atoms with Gasteiger partial charge in [0.05, 0.1) is 65.2 Å². The molecule has 6 aromatic carbocycles. The van der Waals surface area contributed by atoms with Crippen LogP contribution in [0.1, 0.15) is 58.6 Å². The molecule has 20 nitrogen and oxygen atoms in total. The second-order valence-corrected chi connectivity index (χ2v) is 23.2. The van der Waals surface area contributed by atoms with Crippen LogP contribution in [0, 0.1) is 11.3 Å². The quantitative estimate of drug-likeness (QED) is 0.0475. The van der Waals surface area contributed by atoms with Crippen LogP contribution in [0.5, 0.6) is 0 Å². The Kier molecular flexibility index (Phi) is 19.7. The fraction of sp³-hybridized carbons (Fsp3) is 0.299. The van der Waals surface area contributed by atoms with Crippen molar-refractivity contribution in [2.45, 2.75) is 111 Å². The molecule has 2 unspecified atom stereocenters. The van der Waals surface area contributed by atoms with E-state index in [1.807, 2.05) is 201 Å². The van der Waals surface area contributed by atoms with E-state index in [-0.39, 0.29) is 57.0 Å². The molecule has 2 fully saturated rings. The second-order valence-electron chi connectivity index (χ2n) is 21.7. The number of nitrogens with zero attached hydrogens (tertiary/aromatic N) is 9. The summed E-state index contributed by atoms with van der Waals surface area (Å²) >= 11 is 2.66. The summed E-state index contributed by atoms with van der Waals surface area (Å²) in [7, 11) is 0. The van der Waals surface area contributed by atoms with Gasteiger partial charge in [0.2, 0.25) is 21.7 Å². The molecule has 10 aromatic rings. The van der Waals surface area contributed by atoms with Crippen LogP contribution in [0.25, 0.3) is 11.3 Å². The zero-order valence-electron chi connectivity index (χ0n) is 49.7. The van der Waals surface area contributed by atoms with E-state index < -0.39 is 47.0 Å². The van der Waals surface area contributed by atoms with Crippen molar-refractivity contribution < 1.29 is 43.0 Å². The first-order valence-electron chi connectivity index (χ1n) is 28.9. The number of hydrogen-bond acceptors (Lipinski definition) is 20. The fourth-order valence-electron chi connectivity index (χ4n) is 11.1. The summed E-state index contributed by atoms with van der Waals surface area (Å²) in [4.78, 5) is 17.6. The number of imidazole rings is 2. The standard InChI is InChI=1S/C34H34N6O4S.C33H35N5O5S/c1-33(43-21-26-16-10-5-11-17-26)29(42-20-25-14-8-4-9-15-25)27(22-41-19-24-12-6-3-7-13-24)44-34(33,23-35)28-18-37-31-30(36)38-32(45-2)39-40(28)31;1-32(42-21-25-16-10-5-11-17-25)28(41-20-24-14-8-4-9-15-24)26(22-40-19-23-12-6-3-7-13-23)43-33(32,39)27-18-35-30-29(34)36-31(44-2)37-38(27)30/h3-18,27,29H,19-22H2,1-2H3,(H2,36,38,39);3-18,26,28,39H,19-22H2,1-2H3,(H2,34,36,37)/t27-,29-,33-,34?;26-,28-,32-,33?/m11/s1. The first-order valence-corrected chi connectivity index (χ1v) is 31.3. The van der Waals surface area contributed by atoms with E-state index in [0.717, 1.165) is 33.4 Å². The molecular weight excluding hydrogens is 1170 g/mol. The number of nitriles is 1. The van der Waals surface area contributed by atoms with Crippen molar-refractivity contribution in [3.05, 3.63) is 239 Å². The molecule has 22 heteroatoms. The van der Waals surface area contributed by atoms with Crippen LogP contribution in [0.2, 0.25) is 0 Å². The normalized spacial score (nSPS) is 23.1. The van der Waals surface area contributed by atoms with Gasteiger partial charge >= 0.3 is 0 Å². The summed E-state index contributed by atoms with van der Waals surface area (Å²) in [5.74, 6) is -1.69. The lowest BCUT2D eigenvalue weighted by molar-refractivity contribution is -0.294. The van der Waals surface area contributed by atoms with Gasteiger partial charge in [0.15, 0.2) is 28.5 Å². The number of benzene rings is 6. The van der Waals surface area contributed by atoms with Gasteiger partial charge in [-0.3, -0.25) is 0 Å². The van der Waals surface area contributed by atoms with Gasteiger partial charge in [-0.1, -0.05) is 206 Å². The molecule has 12 rings (SSSR count). The Balaban J connectivity index is 0.000000184. The van der Waals surface area contributed by atoms with Gasteiger partial charge in [-0.2, -0.15) is 5.26 Å². The Morgan fingerprint density at radius 1 is 0.506 bits per heavy atom. The van der Waals surface area contributed by atoms with Crippen molar-refractivity contribution in [2.24, 2.45) is 0 Å². The van der Waals surface area contributed by atoms with Crippen molar-refractivity contribution in [2.75, 3.05) is 37.2 Å². The number of nitrogens with two attached hydrogens (primary N) is 2. The minimum atomic E-state index is -2.07. The number of ether oxygens (including phenoxy) is 8. The van der Waals surface area contributed by atoms with E-state index in [1.54, 1.807) is 13.1 Å². The van der Waals surface area contributed by atoms with Gasteiger partial charge in [0.1, 0.15) is 47.5 Å². The number of aromatic nitrogens is 8. The average Bonchev–Trinajstić information content (AvgIpc) is 1.68. The number of hydrogen-bond donors (Lipinski definition) is 3. The van der Waals surface area contributed by atoms with Crippen molar-refractivity contribution in [3.63, 3.8) is 0 Å². The number of anilines is 2. The average molecular weight is 1240 g/mol. The highest BCUT2D eigenvalue weighted by Crippen LogP contribution is 2.52. The SMILES string of the molecule is CSc1nc(N)c2ncc(C3(C#N)O[C@H](COCc4ccccc4)[C@@H](OCc4ccccc4)[C@@]3(C)OCc3ccccc3)n2n1.CSc1nc(N)c2ncc(C3(O)O[C@H](COCc4ccccc4)[C@@H](OCc4ccccc4)[C@@]3(C)OCc3ccccc3)n2n1. The molecule has 0 amide bonds. The van der Waals surface area contributed by atoms with Crippen LogP contribution in [-0.4, -0.2) is 106 Å². The van der Waals surface area contributed by atoms with Crippen LogP contribution in [0.15, 0.2) is 205 Å². The Hall–Kier alpha value is -8.15. The Morgan fingerprint density at radius 3 is 1.26 bits per heavy atom. The van der Waals surface area contributed by atoms with E-state index in [0.29, 0.717) is 40.5 Å². The number of rotatable bonds is 24. The van der Waals surface area contributed by atoms with Gasteiger partial charge in [-0.05, 0) is 59.7 Å². The van der Waals surface area contributed by atoms with E-state index in [1.165, 1.54) is 38.8 Å². The van der Waals surface area contributed by atoms with Crippen LogP contribution in [-0.2, 0) is 88.9 Å². The number of nitrogen functional groups attached to an aromatic ring is 2. The first kappa shape index (κ1) is 62.5. The maximum absolute atomic E-state index is 12.7. The fourth-order valence-corrected chi connectivity index (χ4v) is 11.9. The van der Waals surface area contributed by atoms with Crippen molar-refractivity contribution in [3.8, 4) is 6.07 Å². The topological polar surface area (TPSA) is 256 Å². The zero-order chi connectivity index (χ0) is 61.9. The number of fused-ring (bicyclic) bond motifs is 2. The summed E-state index contributed by atoms with van der Waals surface area (Å²) in [5, 5.41) is 33.9. The number of thioether (sulfide) groups is 2. The lowest BCUT2D eigenvalue weighted by atomic mass is 9.79. The summed E-state index contributed by atoms with van der Waals surface area (Å²) < 4.78 is 55.5. The Labute approximate surface area is 524 Å². The maximum atomic E-state index is 12.7. The number of aliphatic hydroxyl groups is 1. The summed E-state index contributed by atoms with van der Waals surface area (Å²) in [6.07, 6.45) is 3.83. The monoisotopic (exact) mass is 1240 g/mol. The van der Waals surface area contributed by atoms with Gasteiger partial charge in [0.25, 0.3) is 0 Å². The molecule has 2 saturated heterocycles. The van der Waals surface area contributed by atoms with Gasteiger partial charge < -0.3 is 54.5 Å². The lowest BCUT2D eigenvalue weighted by Crippen LogP contribution is -2.55. The van der Waals surface area contributed by atoms with Gasteiger partial charge in [-0.25, -0.2) is 29.0 Å². The minimum absolute atomic E-state index is 0.130. The van der Waals surface area contributed by atoms with E-state index in [9.17, 15) is 10.4 Å². The molecule has 0 saturated carbocycles. The molecule has 0 radical (unpaired) electrons. The minimum Gasteiger partial charge on any atom is -0.380 e. The van der Waals surface area contributed by atoms with Gasteiger partial charge in [-0.15, -0.1) is 10.2 Å². The molecule has 2 aliphatic rings. The Morgan fingerprint density at radius 2 is 0.854 bits per heavy atom. The van der Waals surface area contributed by atoms with Crippen molar-refractivity contribution in [1.29, 1.82) is 5.26 Å². The second kappa shape index (κ2) is 28.1. The molecule has 2 aliphatic heterocycles. The first-order chi connectivity index (χ1) is 43.4. The molecular formula is C67H69N11O9S2. The third-order valence-electron chi connectivity index (χ3n) is 15.8. The van der Waals surface area contributed by atoms with Gasteiger partial charge in [0, 0.05) is 0 Å². The van der Waals surface area contributed by atoms with Crippen LogP contribution in [0.4, 0.5) is 11.6 Å². The van der Waals surface area contributed by atoms with Crippen LogP contribution >= 0.6 is 23.5 Å². The van der Waals surface area contributed by atoms with Crippen LogP contribution < -0.4 is 11.5 Å². The lowest BCUT2D eigenvalue weighted by Gasteiger charge is -2.39. The largest absolute Gasteiger partial charge is 0.380 e. The highest BCUT2D eigenvalue weighted by Gasteiger charge is 2.69.